The van der Waals surface area contributed by atoms with E-state index in [0.29, 0.717) is 0 Å². The van der Waals surface area contributed by atoms with Crippen molar-refractivity contribution in [3.8, 4) is 27.0 Å². The lowest BCUT2D eigenvalue weighted by molar-refractivity contribution is 0.415. The predicted molar refractivity (Wildman–Crippen MR) is 93.7 cm³/mol. The molecule has 0 amide bonds. The van der Waals surface area contributed by atoms with E-state index in [0.717, 1.165) is 33.4 Å². The third-order valence-corrected chi connectivity index (χ3v) is 4.62. The van der Waals surface area contributed by atoms with Gasteiger partial charge in [0, 0.05) is 11.8 Å². The van der Waals surface area contributed by atoms with Crippen LogP contribution in [0, 0.1) is 0 Å². The number of hydrogen-bond acceptors (Lipinski definition) is 5. The molecule has 0 aliphatic heterocycles. The Morgan fingerprint density at radius 1 is 1.00 bits per heavy atom. The smallest absolute Gasteiger partial charge is 0.166 e. The lowest BCUT2D eigenvalue weighted by Crippen LogP contribution is -1.88. The molecule has 0 fully saturated rings. The van der Waals surface area contributed by atoms with Crippen molar-refractivity contribution in [2.24, 2.45) is 0 Å². The molecular formula is C18H19N3OS. The van der Waals surface area contributed by atoms with Gasteiger partial charge < -0.3 is 4.74 Å². The number of hydrogen-bond donors (Lipinski definition) is 0. The van der Waals surface area contributed by atoms with Crippen molar-refractivity contribution >= 4 is 11.3 Å². The average molecular weight is 325 g/mol. The Hall–Kier alpha value is -2.27. The van der Waals surface area contributed by atoms with Gasteiger partial charge in [0.25, 0.3) is 0 Å². The van der Waals surface area contributed by atoms with E-state index < -0.39 is 0 Å². The van der Waals surface area contributed by atoms with Gasteiger partial charge in [0.2, 0.25) is 0 Å². The van der Waals surface area contributed by atoms with Crippen LogP contribution >= 0.6 is 11.3 Å². The highest BCUT2D eigenvalue weighted by molar-refractivity contribution is 7.17. The molecule has 0 spiro atoms. The fraction of sp³-hybridized carbons (Fsp3) is 0.278. The molecule has 0 bridgehead atoms. The van der Waals surface area contributed by atoms with Gasteiger partial charge in [-0.05, 0) is 48.7 Å². The van der Waals surface area contributed by atoms with Crippen LogP contribution in [0.3, 0.4) is 0 Å². The normalized spacial score (nSPS) is 10.7. The Labute approximate surface area is 140 Å². The molecule has 0 radical (unpaired) electrons. The van der Waals surface area contributed by atoms with Crippen LogP contribution < -0.4 is 4.74 Å². The first-order chi connectivity index (χ1) is 11.3. The topological polar surface area (TPSA) is 47.9 Å². The summed E-state index contributed by atoms with van der Waals surface area (Å²) in [6.45, 7) is 2.20. The molecule has 0 saturated heterocycles. The Morgan fingerprint density at radius 2 is 1.78 bits per heavy atom. The highest BCUT2D eigenvalue weighted by Crippen LogP contribution is 2.29. The summed E-state index contributed by atoms with van der Waals surface area (Å²) in [6.07, 6.45) is 5.42. The van der Waals surface area contributed by atoms with Crippen molar-refractivity contribution < 1.29 is 4.74 Å². The van der Waals surface area contributed by atoms with E-state index in [4.69, 9.17) is 4.74 Å². The Balaban J connectivity index is 1.78. The lowest BCUT2D eigenvalue weighted by atomic mass is 10.1. The number of pyridine rings is 1. The van der Waals surface area contributed by atoms with E-state index in [9.17, 15) is 0 Å². The maximum absolute atomic E-state index is 5.18. The molecule has 23 heavy (non-hydrogen) atoms. The molecule has 2 heterocycles. The summed E-state index contributed by atoms with van der Waals surface area (Å²) in [5, 5.41) is 10.3. The van der Waals surface area contributed by atoms with Crippen molar-refractivity contribution in [2.75, 3.05) is 7.11 Å². The monoisotopic (exact) mass is 325 g/mol. The standard InChI is InChI=1S/C18H19N3OS/c1-3-4-5-13-6-11-16(19-12-13)18-21-20-17(23-18)14-7-9-15(22-2)10-8-14/h6-12H,3-5H2,1-2H3. The van der Waals surface area contributed by atoms with E-state index in [1.54, 1.807) is 18.4 Å². The van der Waals surface area contributed by atoms with E-state index in [1.165, 1.54) is 18.4 Å². The number of rotatable bonds is 6. The van der Waals surface area contributed by atoms with Gasteiger partial charge in [-0.3, -0.25) is 4.98 Å². The number of nitrogens with zero attached hydrogens (tertiary/aromatic N) is 3. The minimum absolute atomic E-state index is 0.836. The van der Waals surface area contributed by atoms with Gasteiger partial charge in [-0.1, -0.05) is 30.7 Å². The third-order valence-electron chi connectivity index (χ3n) is 3.62. The number of methoxy groups -OCH3 is 1. The molecule has 1 aromatic carbocycles. The first-order valence-corrected chi connectivity index (χ1v) is 8.55. The molecule has 0 aliphatic rings. The van der Waals surface area contributed by atoms with E-state index in [1.807, 2.05) is 36.5 Å². The second-order valence-corrected chi connectivity index (χ2v) is 6.27. The summed E-state index contributed by atoms with van der Waals surface area (Å²) < 4.78 is 5.18. The summed E-state index contributed by atoms with van der Waals surface area (Å²) in [6, 6.07) is 12.0. The number of unbranched alkanes of at least 4 members (excludes halogenated alkanes) is 1. The summed E-state index contributed by atoms with van der Waals surface area (Å²) in [7, 11) is 1.66. The maximum atomic E-state index is 5.18. The Morgan fingerprint density at radius 3 is 2.43 bits per heavy atom. The van der Waals surface area contributed by atoms with Gasteiger partial charge in [-0.25, -0.2) is 0 Å². The van der Waals surface area contributed by atoms with Crippen molar-refractivity contribution in [1.82, 2.24) is 15.2 Å². The highest BCUT2D eigenvalue weighted by atomic mass is 32.1. The highest BCUT2D eigenvalue weighted by Gasteiger charge is 2.10. The Kier molecular flexibility index (Phi) is 4.98. The zero-order valence-corrected chi connectivity index (χ0v) is 14.1. The molecule has 118 valence electrons. The molecule has 0 aliphatic carbocycles. The summed E-state index contributed by atoms with van der Waals surface area (Å²) in [5.41, 5.74) is 3.19. The zero-order chi connectivity index (χ0) is 16.1. The van der Waals surface area contributed by atoms with E-state index >= 15 is 0 Å². The number of aryl methyl sites for hydroxylation is 1. The van der Waals surface area contributed by atoms with Gasteiger partial charge in [0.1, 0.15) is 16.5 Å². The van der Waals surface area contributed by atoms with Gasteiger partial charge in [-0.15, -0.1) is 10.2 Å². The summed E-state index contributed by atoms with van der Waals surface area (Å²) >= 11 is 1.55. The first kappa shape index (κ1) is 15.6. The van der Waals surface area contributed by atoms with E-state index in [2.05, 4.69) is 28.2 Å². The van der Waals surface area contributed by atoms with Gasteiger partial charge >= 0.3 is 0 Å². The van der Waals surface area contributed by atoms with Gasteiger partial charge in [0.05, 0.1) is 7.11 Å². The molecule has 5 heteroatoms. The van der Waals surface area contributed by atoms with Gasteiger partial charge in [-0.2, -0.15) is 0 Å². The molecule has 4 nitrogen and oxygen atoms in total. The van der Waals surface area contributed by atoms with Crippen LogP contribution in [-0.4, -0.2) is 22.3 Å². The number of benzene rings is 1. The van der Waals surface area contributed by atoms with Crippen molar-refractivity contribution in [3.05, 3.63) is 48.2 Å². The molecule has 2 aromatic heterocycles. The first-order valence-electron chi connectivity index (χ1n) is 7.73. The molecular weight excluding hydrogens is 306 g/mol. The number of ether oxygens (including phenoxy) is 1. The summed E-state index contributed by atoms with van der Waals surface area (Å²) in [5.74, 6) is 0.836. The quantitative estimate of drug-likeness (QED) is 0.663. The second-order valence-electron chi connectivity index (χ2n) is 5.30. The summed E-state index contributed by atoms with van der Waals surface area (Å²) in [4.78, 5) is 4.52. The molecule has 0 unspecified atom stereocenters. The second kappa shape index (κ2) is 7.33. The fourth-order valence-electron chi connectivity index (χ4n) is 2.26. The number of aromatic nitrogens is 3. The van der Waals surface area contributed by atoms with Crippen LogP contribution in [-0.2, 0) is 6.42 Å². The fourth-order valence-corrected chi connectivity index (χ4v) is 3.08. The van der Waals surface area contributed by atoms with Crippen LogP contribution in [0.4, 0.5) is 0 Å². The molecule has 0 atom stereocenters. The zero-order valence-electron chi connectivity index (χ0n) is 13.3. The largest absolute Gasteiger partial charge is 0.497 e. The molecule has 0 N–H and O–H groups in total. The van der Waals surface area contributed by atoms with Crippen molar-refractivity contribution in [3.63, 3.8) is 0 Å². The molecule has 3 rings (SSSR count). The SMILES string of the molecule is CCCCc1ccc(-c2nnc(-c3ccc(OC)cc3)s2)nc1. The third kappa shape index (κ3) is 3.74. The lowest BCUT2D eigenvalue weighted by Gasteiger charge is -2.00. The van der Waals surface area contributed by atoms with E-state index in [-0.39, 0.29) is 0 Å². The predicted octanol–water partition coefficient (Wildman–Crippen LogP) is 4.62. The maximum Gasteiger partial charge on any atom is 0.166 e. The van der Waals surface area contributed by atoms with Crippen LogP contribution in [0.5, 0.6) is 5.75 Å². The molecule has 3 aromatic rings. The van der Waals surface area contributed by atoms with Gasteiger partial charge in [0.15, 0.2) is 5.01 Å². The minimum Gasteiger partial charge on any atom is -0.497 e. The van der Waals surface area contributed by atoms with Crippen LogP contribution in [0.25, 0.3) is 21.3 Å². The average Bonchev–Trinajstić information content (AvgIpc) is 3.10. The van der Waals surface area contributed by atoms with Crippen molar-refractivity contribution in [1.29, 1.82) is 0 Å². The van der Waals surface area contributed by atoms with Crippen LogP contribution in [0.2, 0.25) is 0 Å². The minimum atomic E-state index is 0.836. The van der Waals surface area contributed by atoms with Crippen LogP contribution in [0.15, 0.2) is 42.6 Å². The van der Waals surface area contributed by atoms with Crippen molar-refractivity contribution in [2.45, 2.75) is 26.2 Å². The van der Waals surface area contributed by atoms with Crippen LogP contribution in [0.1, 0.15) is 25.3 Å². The molecule has 0 saturated carbocycles. The Bertz CT molecular complexity index is 751.